The fourth-order valence-electron chi connectivity index (χ4n) is 3.82. The zero-order valence-corrected chi connectivity index (χ0v) is 21.1. The highest BCUT2D eigenvalue weighted by Crippen LogP contribution is 2.40. The molecule has 0 saturated carbocycles. The van der Waals surface area contributed by atoms with E-state index in [9.17, 15) is 14.9 Å². The van der Waals surface area contributed by atoms with Crippen LogP contribution in [0.25, 0.3) is 28.4 Å². The van der Waals surface area contributed by atoms with E-state index < -0.39 is 11.5 Å². The zero-order chi connectivity index (χ0) is 27.2. The molecule has 0 aliphatic carbocycles. The summed E-state index contributed by atoms with van der Waals surface area (Å²) in [6.07, 6.45) is 1.41. The van der Waals surface area contributed by atoms with E-state index in [0.717, 1.165) is 4.68 Å². The molecule has 1 aromatic heterocycles. The number of hydrogen-bond acceptors (Lipinski definition) is 8. The molecule has 4 aromatic rings. The second-order valence-corrected chi connectivity index (χ2v) is 7.89. The molecule has 0 unspecified atom stereocenters. The first-order valence-electron chi connectivity index (χ1n) is 11.3. The van der Waals surface area contributed by atoms with Gasteiger partial charge in [0, 0.05) is 5.56 Å². The number of fused-ring (bicyclic) bond motifs is 1. The lowest BCUT2D eigenvalue weighted by Gasteiger charge is -2.17. The van der Waals surface area contributed by atoms with Crippen LogP contribution in [0.15, 0.2) is 71.0 Å². The van der Waals surface area contributed by atoms with Crippen molar-refractivity contribution in [2.75, 3.05) is 33.9 Å². The van der Waals surface area contributed by atoms with E-state index in [2.05, 4.69) is 10.4 Å². The highest BCUT2D eigenvalue weighted by atomic mass is 16.5. The van der Waals surface area contributed by atoms with Crippen LogP contribution >= 0.6 is 0 Å². The number of carbonyl (C=O) groups excluding carboxylic acids is 1. The van der Waals surface area contributed by atoms with Crippen molar-refractivity contribution in [3.8, 4) is 40.5 Å². The molecular weight excluding hydrogens is 488 g/mol. The van der Waals surface area contributed by atoms with Crippen molar-refractivity contribution in [1.82, 2.24) is 9.66 Å². The number of methoxy groups -OCH3 is 4. The van der Waals surface area contributed by atoms with Crippen molar-refractivity contribution in [1.29, 1.82) is 5.26 Å². The average molecular weight is 513 g/mol. The Morgan fingerprint density at radius 2 is 1.61 bits per heavy atom. The number of amides is 1. The predicted molar refractivity (Wildman–Crippen MR) is 142 cm³/mol. The first kappa shape index (κ1) is 25.8. The third-order valence-corrected chi connectivity index (χ3v) is 5.70. The Balaban J connectivity index is 1.86. The average Bonchev–Trinajstić information content (AvgIpc) is 2.96. The minimum Gasteiger partial charge on any atom is -0.497 e. The molecule has 10 nitrogen and oxygen atoms in total. The lowest BCUT2D eigenvalue weighted by molar-refractivity contribution is -0.113. The van der Waals surface area contributed by atoms with Gasteiger partial charge in [0.2, 0.25) is 5.75 Å². The van der Waals surface area contributed by atoms with E-state index in [-0.39, 0.29) is 16.8 Å². The quantitative estimate of drug-likeness (QED) is 0.279. The maximum absolute atomic E-state index is 13.5. The van der Waals surface area contributed by atoms with Gasteiger partial charge in [0.1, 0.15) is 17.4 Å². The Morgan fingerprint density at radius 1 is 0.947 bits per heavy atom. The van der Waals surface area contributed by atoms with E-state index in [4.69, 9.17) is 18.9 Å². The molecule has 0 bridgehead atoms. The van der Waals surface area contributed by atoms with Crippen molar-refractivity contribution in [3.05, 3.63) is 82.2 Å². The number of nitrogens with one attached hydrogen (secondary N) is 1. The van der Waals surface area contributed by atoms with E-state index in [1.165, 1.54) is 27.4 Å². The summed E-state index contributed by atoms with van der Waals surface area (Å²) in [5.74, 6) is 0.957. The highest BCUT2D eigenvalue weighted by molar-refractivity contribution is 6.06. The standard InChI is InChI=1S/C28H24N4O6/c1-35-20-11-9-17(10-12-20)13-19(16-29)27(33)31-32-26(30-22-8-6-5-7-21(22)28(32)34)18-14-23(36-2)25(38-4)24(15-18)37-3/h5-15H,1-4H3,(H,31,33). The molecule has 0 radical (unpaired) electrons. The minimum absolute atomic E-state index is 0.100. The molecule has 0 spiro atoms. The number of para-hydroxylation sites is 1. The lowest BCUT2D eigenvalue weighted by Crippen LogP contribution is -2.35. The summed E-state index contributed by atoms with van der Waals surface area (Å²) in [4.78, 5) is 31.4. The number of nitrogens with zero attached hydrogens (tertiary/aromatic N) is 3. The third-order valence-electron chi connectivity index (χ3n) is 5.70. The molecule has 0 fully saturated rings. The first-order chi connectivity index (χ1) is 18.4. The van der Waals surface area contributed by atoms with Crippen LogP contribution in [0.4, 0.5) is 0 Å². The summed E-state index contributed by atoms with van der Waals surface area (Å²) in [5, 5.41) is 9.98. The van der Waals surface area contributed by atoms with Gasteiger partial charge in [-0.05, 0) is 48.0 Å². The number of aromatic nitrogens is 2. The van der Waals surface area contributed by atoms with Crippen LogP contribution in [-0.4, -0.2) is 44.0 Å². The number of nitriles is 1. The summed E-state index contributed by atoms with van der Waals surface area (Å²) >= 11 is 0. The number of carbonyl (C=O) groups is 1. The Hall–Kier alpha value is -5.30. The maximum Gasteiger partial charge on any atom is 0.280 e. The Kier molecular flexibility index (Phi) is 7.58. The summed E-state index contributed by atoms with van der Waals surface area (Å²) < 4.78 is 22.4. The topological polar surface area (TPSA) is 125 Å². The van der Waals surface area contributed by atoms with Gasteiger partial charge in [0.25, 0.3) is 11.5 Å². The van der Waals surface area contributed by atoms with Crippen molar-refractivity contribution >= 4 is 22.9 Å². The Morgan fingerprint density at radius 3 is 2.18 bits per heavy atom. The molecule has 0 atom stereocenters. The van der Waals surface area contributed by atoms with E-state index in [1.807, 2.05) is 6.07 Å². The molecule has 1 N–H and O–H groups in total. The molecule has 0 saturated heterocycles. The van der Waals surface area contributed by atoms with Crippen LogP contribution in [-0.2, 0) is 4.79 Å². The molecule has 3 aromatic carbocycles. The zero-order valence-electron chi connectivity index (χ0n) is 21.1. The lowest BCUT2D eigenvalue weighted by atomic mass is 10.1. The second-order valence-electron chi connectivity index (χ2n) is 7.89. The van der Waals surface area contributed by atoms with Crippen molar-refractivity contribution < 1.29 is 23.7 Å². The SMILES string of the molecule is COc1ccc(C=C(C#N)C(=O)Nn2c(-c3cc(OC)c(OC)c(OC)c3)nc3ccccc3c2=O)cc1. The fraction of sp³-hybridized carbons (Fsp3) is 0.143. The molecule has 38 heavy (non-hydrogen) atoms. The van der Waals surface area contributed by atoms with Crippen LogP contribution in [0, 0.1) is 11.3 Å². The smallest absolute Gasteiger partial charge is 0.280 e. The molecular formula is C28H24N4O6. The predicted octanol–water partition coefficient (Wildman–Crippen LogP) is 3.78. The monoisotopic (exact) mass is 512 g/mol. The van der Waals surface area contributed by atoms with Crippen LogP contribution in [0.2, 0.25) is 0 Å². The number of rotatable bonds is 8. The molecule has 10 heteroatoms. The van der Waals surface area contributed by atoms with Gasteiger partial charge in [-0.15, -0.1) is 0 Å². The van der Waals surface area contributed by atoms with E-state index in [1.54, 1.807) is 67.8 Å². The highest BCUT2D eigenvalue weighted by Gasteiger charge is 2.21. The molecule has 0 aliphatic heterocycles. The van der Waals surface area contributed by atoms with E-state index >= 15 is 0 Å². The van der Waals surface area contributed by atoms with Gasteiger partial charge in [-0.1, -0.05) is 24.3 Å². The minimum atomic E-state index is -0.795. The number of hydrogen-bond donors (Lipinski definition) is 1. The Labute approximate surface area is 218 Å². The van der Waals surface area contributed by atoms with Crippen molar-refractivity contribution in [3.63, 3.8) is 0 Å². The van der Waals surface area contributed by atoms with Crippen LogP contribution in [0.3, 0.4) is 0 Å². The molecule has 192 valence electrons. The number of ether oxygens (including phenoxy) is 4. The second kappa shape index (κ2) is 11.2. The van der Waals surface area contributed by atoms with Crippen LogP contribution < -0.4 is 29.9 Å². The molecule has 1 heterocycles. The van der Waals surface area contributed by atoms with Gasteiger partial charge in [-0.2, -0.15) is 9.94 Å². The van der Waals surface area contributed by atoms with Crippen molar-refractivity contribution in [2.24, 2.45) is 0 Å². The molecule has 0 aliphatic rings. The van der Waals surface area contributed by atoms with Gasteiger partial charge in [0.05, 0.1) is 39.3 Å². The molecule has 1 amide bonds. The van der Waals surface area contributed by atoms with Gasteiger partial charge < -0.3 is 18.9 Å². The summed E-state index contributed by atoms with van der Waals surface area (Å²) in [6.45, 7) is 0. The Bertz CT molecular complexity index is 1610. The van der Waals surface area contributed by atoms with Gasteiger partial charge in [0.15, 0.2) is 17.3 Å². The van der Waals surface area contributed by atoms with E-state index in [0.29, 0.717) is 39.6 Å². The molecule has 4 rings (SSSR count). The van der Waals surface area contributed by atoms with Crippen molar-refractivity contribution in [2.45, 2.75) is 0 Å². The summed E-state index contributed by atoms with van der Waals surface area (Å²) in [5.41, 5.74) is 3.22. The largest absolute Gasteiger partial charge is 0.497 e. The fourth-order valence-corrected chi connectivity index (χ4v) is 3.82. The van der Waals surface area contributed by atoms with Crippen LogP contribution in [0.1, 0.15) is 5.56 Å². The van der Waals surface area contributed by atoms with Crippen LogP contribution in [0.5, 0.6) is 23.0 Å². The first-order valence-corrected chi connectivity index (χ1v) is 11.3. The third kappa shape index (κ3) is 4.99. The normalized spacial score (nSPS) is 11.0. The maximum atomic E-state index is 13.5. The van der Waals surface area contributed by atoms with Gasteiger partial charge in [-0.25, -0.2) is 4.98 Å². The summed E-state index contributed by atoms with van der Waals surface area (Å²) in [6, 6.07) is 18.7. The summed E-state index contributed by atoms with van der Waals surface area (Å²) in [7, 11) is 5.95. The number of benzene rings is 3. The van der Waals surface area contributed by atoms with Gasteiger partial charge >= 0.3 is 0 Å². The van der Waals surface area contributed by atoms with Gasteiger partial charge in [-0.3, -0.25) is 15.0 Å².